The van der Waals surface area contributed by atoms with Gasteiger partial charge in [-0.3, -0.25) is 9.69 Å². The van der Waals surface area contributed by atoms with Crippen molar-refractivity contribution in [3.63, 3.8) is 0 Å². The van der Waals surface area contributed by atoms with Gasteiger partial charge in [0, 0.05) is 11.4 Å². The lowest BCUT2D eigenvalue weighted by molar-refractivity contribution is -0.113. The smallest absolute Gasteiger partial charge is 0.326 e. The zero-order valence-corrected chi connectivity index (χ0v) is 18.7. The molecular formula is C25H21ClFN3O3. The lowest BCUT2D eigenvalue weighted by Crippen LogP contribution is -2.48. The van der Waals surface area contributed by atoms with E-state index in [4.69, 9.17) is 11.6 Å². The van der Waals surface area contributed by atoms with E-state index in [1.54, 1.807) is 31.2 Å². The highest BCUT2D eigenvalue weighted by molar-refractivity contribution is 6.31. The monoisotopic (exact) mass is 465 g/mol. The number of aryl methyl sites for hydroxylation is 1. The topological polar surface area (TPSA) is 81.7 Å². The van der Waals surface area contributed by atoms with E-state index in [0.29, 0.717) is 28.2 Å². The summed E-state index contributed by atoms with van der Waals surface area (Å²) in [7, 11) is 0. The quantitative estimate of drug-likeness (QED) is 0.464. The number of carbonyl (C=O) groups excluding carboxylic acids is 2. The van der Waals surface area contributed by atoms with Crippen LogP contribution in [-0.2, 0) is 4.79 Å². The second-order valence-electron chi connectivity index (χ2n) is 7.73. The Bertz CT molecular complexity index is 1260. The number of hydrogen-bond donors (Lipinski definition) is 3. The van der Waals surface area contributed by atoms with Crippen LogP contribution in [0.3, 0.4) is 0 Å². The first-order valence-corrected chi connectivity index (χ1v) is 10.6. The van der Waals surface area contributed by atoms with Gasteiger partial charge >= 0.3 is 6.03 Å². The van der Waals surface area contributed by atoms with E-state index in [9.17, 15) is 19.1 Å². The van der Waals surface area contributed by atoms with E-state index in [2.05, 4.69) is 10.6 Å². The summed E-state index contributed by atoms with van der Waals surface area (Å²) >= 11 is 5.93. The summed E-state index contributed by atoms with van der Waals surface area (Å²) in [5.41, 5.74) is 3.25. The van der Waals surface area contributed by atoms with Crippen LogP contribution < -0.4 is 15.5 Å². The van der Waals surface area contributed by atoms with Gasteiger partial charge in [0.2, 0.25) is 0 Å². The summed E-state index contributed by atoms with van der Waals surface area (Å²) < 4.78 is 13.7. The molecule has 33 heavy (non-hydrogen) atoms. The number of phenols is 1. The van der Waals surface area contributed by atoms with Crippen LogP contribution in [0.2, 0.25) is 5.02 Å². The van der Waals surface area contributed by atoms with Crippen LogP contribution in [0.1, 0.15) is 24.1 Å². The number of phenolic OH excluding ortho intramolecular Hbond substituents is 1. The Morgan fingerprint density at radius 3 is 2.36 bits per heavy atom. The molecule has 6 nitrogen and oxygen atoms in total. The van der Waals surface area contributed by atoms with E-state index >= 15 is 0 Å². The van der Waals surface area contributed by atoms with Gasteiger partial charge < -0.3 is 15.7 Å². The summed E-state index contributed by atoms with van der Waals surface area (Å²) in [6, 6.07) is 16.2. The Morgan fingerprint density at radius 1 is 1.06 bits per heavy atom. The maximum absolute atomic E-state index is 13.7. The highest BCUT2D eigenvalue weighted by Gasteiger charge is 2.36. The molecule has 0 bridgehead atoms. The number of hydrogen-bond acceptors (Lipinski definition) is 3. The van der Waals surface area contributed by atoms with Gasteiger partial charge in [-0.05, 0) is 61.9 Å². The minimum atomic E-state index is -0.768. The maximum atomic E-state index is 13.7. The average Bonchev–Trinajstić information content (AvgIpc) is 2.78. The predicted octanol–water partition coefficient (Wildman–Crippen LogP) is 5.68. The van der Waals surface area contributed by atoms with Crippen LogP contribution in [-0.4, -0.2) is 17.0 Å². The lowest BCUT2D eigenvalue weighted by atomic mass is 9.93. The third kappa shape index (κ3) is 4.54. The lowest BCUT2D eigenvalue weighted by Gasteiger charge is -2.36. The summed E-state index contributed by atoms with van der Waals surface area (Å²) in [6.45, 7) is 3.59. The molecule has 0 spiro atoms. The van der Waals surface area contributed by atoms with E-state index < -0.39 is 23.8 Å². The molecule has 3 amide bonds. The highest BCUT2D eigenvalue weighted by Crippen LogP contribution is 2.35. The van der Waals surface area contributed by atoms with E-state index in [0.717, 1.165) is 11.6 Å². The molecule has 1 unspecified atom stereocenters. The van der Waals surface area contributed by atoms with E-state index in [1.165, 1.54) is 29.2 Å². The number of anilines is 2. The minimum absolute atomic E-state index is 0.0647. The van der Waals surface area contributed by atoms with Crippen LogP contribution in [0.5, 0.6) is 5.75 Å². The molecule has 8 heteroatoms. The Hall–Kier alpha value is -3.84. The molecule has 1 atom stereocenters. The van der Waals surface area contributed by atoms with Gasteiger partial charge in [0.05, 0.1) is 22.3 Å². The Labute approximate surface area is 195 Å². The number of nitrogens with zero attached hydrogens (tertiary/aromatic N) is 1. The van der Waals surface area contributed by atoms with Crippen molar-refractivity contribution >= 4 is 34.9 Å². The first-order chi connectivity index (χ1) is 15.7. The van der Waals surface area contributed by atoms with Gasteiger partial charge in [0.15, 0.2) is 0 Å². The molecule has 0 fully saturated rings. The molecule has 0 aromatic heterocycles. The van der Waals surface area contributed by atoms with Crippen molar-refractivity contribution in [1.82, 2.24) is 5.32 Å². The fourth-order valence-corrected chi connectivity index (χ4v) is 3.90. The first kappa shape index (κ1) is 22.4. The summed E-state index contributed by atoms with van der Waals surface area (Å²) in [6.07, 6.45) is 0. The van der Waals surface area contributed by atoms with Gasteiger partial charge in [-0.2, -0.15) is 0 Å². The highest BCUT2D eigenvalue weighted by atomic mass is 35.5. The van der Waals surface area contributed by atoms with Crippen LogP contribution in [0.25, 0.3) is 0 Å². The van der Waals surface area contributed by atoms with Gasteiger partial charge in [-0.1, -0.05) is 41.4 Å². The normalized spacial score (nSPS) is 15.9. The molecule has 4 rings (SSSR count). The number of allylic oxidation sites excluding steroid dienone is 1. The third-order valence-corrected chi connectivity index (χ3v) is 5.72. The zero-order chi connectivity index (χ0) is 23.7. The number of nitrogens with one attached hydrogen (secondary N) is 2. The van der Waals surface area contributed by atoms with Crippen molar-refractivity contribution in [2.45, 2.75) is 19.9 Å². The molecule has 3 aromatic rings. The van der Waals surface area contributed by atoms with Gasteiger partial charge in [-0.15, -0.1) is 0 Å². The van der Waals surface area contributed by atoms with Crippen LogP contribution in [0.15, 0.2) is 78.0 Å². The predicted molar refractivity (Wildman–Crippen MR) is 126 cm³/mol. The van der Waals surface area contributed by atoms with Crippen LogP contribution in [0, 0.1) is 12.7 Å². The second kappa shape index (κ2) is 8.96. The number of aromatic hydroxyl groups is 1. The Morgan fingerprint density at radius 2 is 1.73 bits per heavy atom. The molecule has 0 saturated heterocycles. The molecule has 0 radical (unpaired) electrons. The summed E-state index contributed by atoms with van der Waals surface area (Å²) in [5, 5.41) is 15.2. The molecule has 3 N–H and O–H groups in total. The van der Waals surface area contributed by atoms with Crippen molar-refractivity contribution in [3.05, 3.63) is 100.0 Å². The van der Waals surface area contributed by atoms with Gasteiger partial charge in [-0.25, -0.2) is 9.18 Å². The van der Waals surface area contributed by atoms with Crippen molar-refractivity contribution in [3.8, 4) is 5.75 Å². The Balaban J connectivity index is 1.81. The van der Waals surface area contributed by atoms with E-state index in [-0.39, 0.29) is 10.8 Å². The number of rotatable bonds is 4. The van der Waals surface area contributed by atoms with Crippen molar-refractivity contribution in [2.24, 2.45) is 0 Å². The second-order valence-corrected chi connectivity index (χ2v) is 8.13. The summed E-state index contributed by atoms with van der Waals surface area (Å²) in [5.74, 6) is -0.957. The number of amides is 3. The average molecular weight is 466 g/mol. The van der Waals surface area contributed by atoms with Gasteiger partial charge in [0.1, 0.15) is 11.6 Å². The molecule has 0 saturated carbocycles. The molecule has 1 aliphatic rings. The van der Waals surface area contributed by atoms with Gasteiger partial charge in [0.25, 0.3) is 5.91 Å². The van der Waals surface area contributed by atoms with Crippen LogP contribution >= 0.6 is 11.6 Å². The molecule has 168 valence electrons. The number of benzene rings is 3. The standard InChI is InChI=1S/C25H21ClFN3O3/c1-14-3-7-17(8-4-14)28-24(32)22-15(2)30(18-9-12-21(27)20(26)13-18)25(33)29-23(22)16-5-10-19(31)11-6-16/h3-13,23,31H,1-2H3,(H,28,32)(H,29,33). The fourth-order valence-electron chi connectivity index (χ4n) is 3.72. The minimum Gasteiger partial charge on any atom is -0.508 e. The number of urea groups is 1. The largest absolute Gasteiger partial charge is 0.508 e. The van der Waals surface area contributed by atoms with Crippen molar-refractivity contribution in [1.29, 1.82) is 0 Å². The third-order valence-electron chi connectivity index (χ3n) is 5.43. The molecule has 1 aliphatic heterocycles. The van der Waals surface area contributed by atoms with Crippen LogP contribution in [0.4, 0.5) is 20.6 Å². The molecule has 0 aliphatic carbocycles. The SMILES string of the molecule is CC1=C(C(=O)Nc2ccc(C)cc2)C(c2ccc(O)cc2)NC(=O)N1c1ccc(F)c(Cl)c1. The Kier molecular flexibility index (Phi) is 6.07. The molecule has 3 aromatic carbocycles. The fraction of sp³-hybridized carbons (Fsp3) is 0.120. The van der Waals surface area contributed by atoms with E-state index in [1.807, 2.05) is 19.1 Å². The van der Waals surface area contributed by atoms with Crippen molar-refractivity contribution in [2.75, 3.05) is 10.2 Å². The van der Waals surface area contributed by atoms with Crippen molar-refractivity contribution < 1.29 is 19.1 Å². The summed E-state index contributed by atoms with van der Waals surface area (Å²) in [4.78, 5) is 27.8. The zero-order valence-electron chi connectivity index (χ0n) is 17.9. The first-order valence-electron chi connectivity index (χ1n) is 10.2. The maximum Gasteiger partial charge on any atom is 0.326 e. The molecular weight excluding hydrogens is 445 g/mol. The number of carbonyl (C=O) groups is 2. The number of halogens is 2. The molecule has 1 heterocycles.